The number of hydrogen-bond acceptors (Lipinski definition) is 6. The zero-order valence-electron chi connectivity index (χ0n) is 16.8. The van der Waals surface area contributed by atoms with Gasteiger partial charge in [-0.1, -0.05) is 42.5 Å². The molecule has 4 N–H and O–H groups in total. The molecular weight excluding hydrogens is 404 g/mol. The molecule has 3 aromatic carbocycles. The van der Waals surface area contributed by atoms with Crippen molar-refractivity contribution in [2.75, 3.05) is 11.1 Å². The molecule has 0 spiro atoms. The average molecular weight is 422 g/mol. The van der Waals surface area contributed by atoms with E-state index in [-0.39, 0.29) is 17.1 Å². The average Bonchev–Trinajstić information content (AvgIpc) is 3.07. The first-order valence-corrected chi connectivity index (χ1v) is 9.86. The van der Waals surface area contributed by atoms with Crippen LogP contribution in [0.1, 0.15) is 15.9 Å². The molecule has 32 heavy (non-hydrogen) atoms. The zero-order chi connectivity index (χ0) is 22.1. The summed E-state index contributed by atoms with van der Waals surface area (Å²) in [5, 5.41) is 17.0. The molecule has 5 rings (SSSR count). The van der Waals surface area contributed by atoms with Gasteiger partial charge in [0, 0.05) is 5.69 Å². The maximum absolute atomic E-state index is 13.2. The van der Waals surface area contributed by atoms with E-state index in [1.165, 1.54) is 10.9 Å². The van der Waals surface area contributed by atoms with E-state index in [2.05, 4.69) is 20.4 Å². The predicted octanol–water partition coefficient (Wildman–Crippen LogP) is 4.01. The molecule has 0 unspecified atom stereocenters. The van der Waals surface area contributed by atoms with Gasteiger partial charge in [0.1, 0.15) is 22.6 Å². The number of nitrogens with zero attached hydrogens (tertiary/aromatic N) is 4. The minimum absolute atomic E-state index is 0.111. The molecule has 2 heterocycles. The molecule has 156 valence electrons. The van der Waals surface area contributed by atoms with Crippen molar-refractivity contribution in [3.05, 3.63) is 90.0 Å². The number of anilines is 2. The number of benzene rings is 3. The molecule has 0 saturated heterocycles. The Labute approximate surface area is 182 Å². The van der Waals surface area contributed by atoms with E-state index in [9.17, 15) is 9.90 Å². The lowest BCUT2D eigenvalue weighted by Gasteiger charge is -2.05. The largest absolute Gasteiger partial charge is 0.508 e. The van der Waals surface area contributed by atoms with Crippen LogP contribution in [0, 0.1) is 0 Å². The van der Waals surface area contributed by atoms with Gasteiger partial charge in [0.25, 0.3) is 5.91 Å². The molecule has 8 nitrogen and oxygen atoms in total. The van der Waals surface area contributed by atoms with Crippen molar-refractivity contribution in [3.8, 4) is 5.75 Å². The van der Waals surface area contributed by atoms with E-state index in [0.29, 0.717) is 33.4 Å². The van der Waals surface area contributed by atoms with Crippen LogP contribution in [0.5, 0.6) is 5.75 Å². The van der Waals surface area contributed by atoms with Gasteiger partial charge in [-0.05, 0) is 42.0 Å². The number of amides is 1. The van der Waals surface area contributed by atoms with Gasteiger partial charge in [-0.25, -0.2) is 9.97 Å². The molecule has 8 heteroatoms. The summed E-state index contributed by atoms with van der Waals surface area (Å²) in [4.78, 5) is 22.5. The van der Waals surface area contributed by atoms with Crippen molar-refractivity contribution in [1.29, 1.82) is 0 Å². The van der Waals surface area contributed by atoms with Crippen molar-refractivity contribution in [2.24, 2.45) is 5.10 Å². The van der Waals surface area contributed by atoms with Gasteiger partial charge in [-0.2, -0.15) is 9.78 Å². The van der Waals surface area contributed by atoms with Crippen LogP contribution in [0.15, 0.2) is 84.0 Å². The highest BCUT2D eigenvalue weighted by Crippen LogP contribution is 2.28. The highest BCUT2D eigenvalue weighted by Gasteiger charge is 2.24. The topological polar surface area (TPSA) is 118 Å². The summed E-state index contributed by atoms with van der Waals surface area (Å²) >= 11 is 0. The number of nitrogens with two attached hydrogens (primary N) is 1. The first kappa shape index (κ1) is 19.3. The second kappa shape index (κ2) is 7.84. The maximum atomic E-state index is 13.2. The highest BCUT2D eigenvalue weighted by molar-refractivity contribution is 6.16. The van der Waals surface area contributed by atoms with Crippen molar-refractivity contribution >= 4 is 45.8 Å². The number of nitrogens with one attached hydrogen (secondary N) is 1. The lowest BCUT2D eigenvalue weighted by atomic mass is 10.2. The third kappa shape index (κ3) is 3.50. The minimum Gasteiger partial charge on any atom is -0.508 e. The summed E-state index contributed by atoms with van der Waals surface area (Å²) in [6.07, 6.45) is 1.53. The summed E-state index contributed by atoms with van der Waals surface area (Å²) in [5.41, 5.74) is 9.88. The Bertz CT molecular complexity index is 1490. The SMILES string of the molecule is Nc1c(C(=O)Nc2ccccc2)c2nc3ccccc3nc2n1/N=C/c1cccc(O)c1. The molecule has 5 aromatic rings. The van der Waals surface area contributed by atoms with E-state index in [1.807, 2.05) is 42.5 Å². The number of aromatic hydroxyl groups is 1. The van der Waals surface area contributed by atoms with E-state index in [0.717, 1.165) is 0 Å². The molecule has 0 radical (unpaired) electrons. The van der Waals surface area contributed by atoms with E-state index < -0.39 is 5.91 Å². The summed E-state index contributed by atoms with van der Waals surface area (Å²) in [7, 11) is 0. The standard InChI is InChI=1S/C24H18N6O2/c25-22-20(24(32)27-16-8-2-1-3-9-16)21-23(29-19-12-5-4-11-18(19)28-21)30(22)26-14-15-7-6-10-17(31)13-15/h1-14,31H,25H2,(H,27,32)/b26-14+. The number of phenols is 1. The fraction of sp³-hybridized carbons (Fsp3) is 0. The lowest BCUT2D eigenvalue weighted by molar-refractivity contribution is 0.102. The predicted molar refractivity (Wildman–Crippen MR) is 125 cm³/mol. The third-order valence-corrected chi connectivity index (χ3v) is 4.93. The fourth-order valence-corrected chi connectivity index (χ4v) is 3.43. The Balaban J connectivity index is 1.68. The molecule has 2 aromatic heterocycles. The van der Waals surface area contributed by atoms with Crippen molar-refractivity contribution < 1.29 is 9.90 Å². The number of carbonyl (C=O) groups excluding carboxylic acids is 1. The number of hydrogen-bond donors (Lipinski definition) is 3. The Morgan fingerprint density at radius 2 is 1.69 bits per heavy atom. The Hall–Kier alpha value is -4.72. The maximum Gasteiger partial charge on any atom is 0.261 e. The van der Waals surface area contributed by atoms with Crippen molar-refractivity contribution in [2.45, 2.75) is 0 Å². The number of para-hydroxylation sites is 3. The summed E-state index contributed by atoms with van der Waals surface area (Å²) in [5.74, 6) is -0.178. The van der Waals surface area contributed by atoms with Crippen molar-refractivity contribution in [3.63, 3.8) is 0 Å². The van der Waals surface area contributed by atoms with Gasteiger partial charge < -0.3 is 16.2 Å². The second-order valence-electron chi connectivity index (χ2n) is 7.12. The number of phenolic OH excluding ortho intramolecular Hbond substituents is 1. The van der Waals surface area contributed by atoms with Crippen LogP contribution >= 0.6 is 0 Å². The summed E-state index contributed by atoms with van der Waals surface area (Å²) in [6, 6.07) is 23.1. The first-order chi connectivity index (χ1) is 15.6. The Kier molecular flexibility index (Phi) is 4.72. The van der Waals surface area contributed by atoms with Gasteiger partial charge in [0.05, 0.1) is 17.2 Å². The quantitative estimate of drug-likeness (QED) is 0.378. The molecule has 0 aliphatic heterocycles. The number of carbonyl (C=O) groups is 1. The number of aromatic nitrogens is 3. The summed E-state index contributed by atoms with van der Waals surface area (Å²) < 4.78 is 1.39. The number of nitrogen functional groups attached to an aromatic ring is 1. The number of fused-ring (bicyclic) bond motifs is 2. The monoisotopic (exact) mass is 422 g/mol. The van der Waals surface area contributed by atoms with Crippen LogP contribution in [-0.4, -0.2) is 31.9 Å². The van der Waals surface area contributed by atoms with Crippen LogP contribution in [0.2, 0.25) is 0 Å². The molecule has 0 fully saturated rings. The molecule has 0 aliphatic carbocycles. The van der Waals surface area contributed by atoms with Crippen LogP contribution in [0.3, 0.4) is 0 Å². The zero-order valence-corrected chi connectivity index (χ0v) is 16.8. The molecule has 0 bridgehead atoms. The molecule has 0 atom stereocenters. The highest BCUT2D eigenvalue weighted by atomic mass is 16.3. The fourth-order valence-electron chi connectivity index (χ4n) is 3.43. The van der Waals surface area contributed by atoms with Gasteiger partial charge >= 0.3 is 0 Å². The normalized spacial score (nSPS) is 11.4. The van der Waals surface area contributed by atoms with Crippen LogP contribution in [0.4, 0.5) is 11.5 Å². The second-order valence-corrected chi connectivity index (χ2v) is 7.12. The van der Waals surface area contributed by atoms with Gasteiger partial charge in [-0.3, -0.25) is 4.79 Å². The molecular formula is C24H18N6O2. The van der Waals surface area contributed by atoms with E-state index >= 15 is 0 Å². The Morgan fingerprint density at radius 3 is 2.44 bits per heavy atom. The molecule has 0 saturated carbocycles. The minimum atomic E-state index is -0.408. The van der Waals surface area contributed by atoms with E-state index in [1.54, 1.807) is 36.4 Å². The van der Waals surface area contributed by atoms with Crippen LogP contribution in [0.25, 0.3) is 22.2 Å². The molecule has 0 aliphatic rings. The lowest BCUT2D eigenvalue weighted by Crippen LogP contribution is -2.14. The smallest absolute Gasteiger partial charge is 0.261 e. The van der Waals surface area contributed by atoms with Gasteiger partial charge in [-0.15, -0.1) is 0 Å². The third-order valence-electron chi connectivity index (χ3n) is 4.93. The Morgan fingerprint density at radius 1 is 0.969 bits per heavy atom. The van der Waals surface area contributed by atoms with Crippen LogP contribution < -0.4 is 11.1 Å². The van der Waals surface area contributed by atoms with Crippen molar-refractivity contribution in [1.82, 2.24) is 14.6 Å². The summed E-state index contributed by atoms with van der Waals surface area (Å²) in [6.45, 7) is 0. The van der Waals surface area contributed by atoms with E-state index in [4.69, 9.17) is 5.73 Å². The molecule has 1 amide bonds. The number of rotatable bonds is 4. The first-order valence-electron chi connectivity index (χ1n) is 9.86. The van der Waals surface area contributed by atoms with Gasteiger partial charge in [0.15, 0.2) is 5.65 Å². The van der Waals surface area contributed by atoms with Crippen LogP contribution in [-0.2, 0) is 0 Å². The van der Waals surface area contributed by atoms with Gasteiger partial charge in [0.2, 0.25) is 0 Å².